The third-order valence-corrected chi connectivity index (χ3v) is 3.51. The molecular weight excluding hydrogens is 230 g/mol. The highest BCUT2D eigenvalue weighted by Gasteiger charge is 2.41. The first kappa shape index (κ1) is 13.2. The van der Waals surface area contributed by atoms with Crippen LogP contribution in [0.2, 0.25) is 0 Å². The van der Waals surface area contributed by atoms with Gasteiger partial charge in [0.25, 0.3) is 5.56 Å². The number of aromatic nitrogens is 2. The van der Waals surface area contributed by atoms with Gasteiger partial charge in [0.15, 0.2) is 0 Å². The largest absolute Gasteiger partial charge is 0.370 e. The van der Waals surface area contributed by atoms with Gasteiger partial charge in [0, 0.05) is 19.7 Å². The van der Waals surface area contributed by atoms with Crippen LogP contribution >= 0.6 is 0 Å². The van der Waals surface area contributed by atoms with Crippen molar-refractivity contribution in [3.8, 4) is 0 Å². The number of nitrogens with one attached hydrogen (secondary N) is 2. The predicted molar refractivity (Wildman–Crippen MR) is 69.4 cm³/mol. The Morgan fingerprint density at radius 3 is 2.89 bits per heavy atom. The molecule has 1 aliphatic carbocycles. The molecule has 1 fully saturated rings. The van der Waals surface area contributed by atoms with Crippen LogP contribution in [0.5, 0.6) is 0 Å². The van der Waals surface area contributed by atoms with Crippen molar-refractivity contribution < 1.29 is 4.74 Å². The molecule has 2 N–H and O–H groups in total. The molecule has 1 aromatic rings. The number of H-pyrrole nitrogens is 1. The highest BCUT2D eigenvalue weighted by Crippen LogP contribution is 2.42. The monoisotopic (exact) mass is 251 g/mol. The van der Waals surface area contributed by atoms with Crippen LogP contribution in [-0.2, 0) is 16.9 Å². The number of methoxy groups -OCH3 is 1. The van der Waals surface area contributed by atoms with E-state index in [-0.39, 0.29) is 11.2 Å². The fourth-order valence-corrected chi connectivity index (χ4v) is 2.24. The van der Waals surface area contributed by atoms with Gasteiger partial charge < -0.3 is 15.0 Å². The molecule has 0 radical (unpaired) electrons. The van der Waals surface area contributed by atoms with Gasteiger partial charge in [-0.1, -0.05) is 6.92 Å². The molecule has 0 amide bonds. The van der Waals surface area contributed by atoms with Crippen molar-refractivity contribution >= 4 is 0 Å². The molecule has 0 bridgehead atoms. The SMILES string of the molecule is CCCNCc1cc(=O)[nH]c(C2(OC)CCC2)n1. The summed E-state index contributed by atoms with van der Waals surface area (Å²) in [5.41, 5.74) is 0.321. The quantitative estimate of drug-likeness (QED) is 0.748. The highest BCUT2D eigenvalue weighted by molar-refractivity contribution is 5.12. The smallest absolute Gasteiger partial charge is 0.251 e. The molecule has 18 heavy (non-hydrogen) atoms. The van der Waals surface area contributed by atoms with E-state index in [0.29, 0.717) is 12.4 Å². The van der Waals surface area contributed by atoms with E-state index in [2.05, 4.69) is 22.2 Å². The average molecular weight is 251 g/mol. The topological polar surface area (TPSA) is 67.0 Å². The van der Waals surface area contributed by atoms with Gasteiger partial charge >= 0.3 is 0 Å². The lowest BCUT2D eigenvalue weighted by atomic mass is 9.79. The molecule has 100 valence electrons. The summed E-state index contributed by atoms with van der Waals surface area (Å²) < 4.78 is 5.54. The Labute approximate surface area is 107 Å². The number of rotatable bonds is 6. The minimum absolute atomic E-state index is 0.100. The third-order valence-electron chi connectivity index (χ3n) is 3.51. The van der Waals surface area contributed by atoms with Gasteiger partial charge in [-0.25, -0.2) is 4.98 Å². The second-order valence-electron chi connectivity index (χ2n) is 4.81. The first-order valence-corrected chi connectivity index (χ1v) is 6.57. The maximum atomic E-state index is 11.7. The lowest BCUT2D eigenvalue weighted by Gasteiger charge is -2.39. The lowest BCUT2D eigenvalue weighted by Crippen LogP contribution is -2.39. The zero-order valence-electron chi connectivity index (χ0n) is 11.1. The van der Waals surface area contributed by atoms with Crippen LogP contribution in [0, 0.1) is 0 Å². The summed E-state index contributed by atoms with van der Waals surface area (Å²) in [4.78, 5) is 19.0. The van der Waals surface area contributed by atoms with Crippen molar-refractivity contribution in [2.75, 3.05) is 13.7 Å². The van der Waals surface area contributed by atoms with Gasteiger partial charge in [0.2, 0.25) is 0 Å². The van der Waals surface area contributed by atoms with Crippen LogP contribution in [0.3, 0.4) is 0 Å². The van der Waals surface area contributed by atoms with Crippen molar-refractivity contribution in [3.05, 3.63) is 27.9 Å². The molecule has 5 heteroatoms. The molecule has 0 unspecified atom stereocenters. The van der Waals surface area contributed by atoms with E-state index >= 15 is 0 Å². The summed E-state index contributed by atoms with van der Waals surface area (Å²) in [6, 6.07) is 1.55. The molecule has 0 spiro atoms. The van der Waals surface area contributed by atoms with E-state index in [1.54, 1.807) is 13.2 Å². The van der Waals surface area contributed by atoms with Gasteiger partial charge in [0.1, 0.15) is 11.4 Å². The molecular formula is C13H21N3O2. The third kappa shape index (κ3) is 2.62. The van der Waals surface area contributed by atoms with E-state index in [0.717, 1.165) is 37.9 Å². The molecule has 1 heterocycles. The number of aromatic amines is 1. The minimum atomic E-state index is -0.361. The van der Waals surface area contributed by atoms with Crippen molar-refractivity contribution in [2.45, 2.75) is 44.8 Å². The van der Waals surface area contributed by atoms with Gasteiger partial charge in [-0.05, 0) is 32.2 Å². The predicted octanol–water partition coefficient (Wildman–Crippen LogP) is 1.30. The zero-order chi connectivity index (χ0) is 13.0. The number of hydrogen-bond donors (Lipinski definition) is 2. The first-order chi connectivity index (χ1) is 8.70. The Kier molecular flexibility index (Phi) is 4.14. The second kappa shape index (κ2) is 5.63. The van der Waals surface area contributed by atoms with Gasteiger partial charge in [-0.2, -0.15) is 0 Å². The van der Waals surface area contributed by atoms with Crippen LogP contribution < -0.4 is 10.9 Å². The van der Waals surface area contributed by atoms with Crippen molar-refractivity contribution in [1.29, 1.82) is 0 Å². The molecule has 0 atom stereocenters. The highest BCUT2D eigenvalue weighted by atomic mass is 16.5. The fourth-order valence-electron chi connectivity index (χ4n) is 2.24. The molecule has 2 rings (SSSR count). The molecule has 0 saturated heterocycles. The summed E-state index contributed by atoms with van der Waals surface area (Å²) in [6.07, 6.45) is 4.05. The van der Waals surface area contributed by atoms with Crippen LogP contribution in [0.4, 0.5) is 0 Å². The van der Waals surface area contributed by atoms with Crippen LogP contribution in [0.25, 0.3) is 0 Å². The van der Waals surface area contributed by atoms with E-state index in [4.69, 9.17) is 4.74 Å². The summed E-state index contributed by atoms with van der Waals surface area (Å²) >= 11 is 0. The van der Waals surface area contributed by atoms with Crippen molar-refractivity contribution in [3.63, 3.8) is 0 Å². The molecule has 1 saturated carbocycles. The Hall–Kier alpha value is -1.20. The van der Waals surface area contributed by atoms with Crippen molar-refractivity contribution in [1.82, 2.24) is 15.3 Å². The Morgan fingerprint density at radius 1 is 1.56 bits per heavy atom. The summed E-state index contributed by atoms with van der Waals surface area (Å²) in [6.45, 7) is 3.67. The molecule has 0 aromatic carbocycles. The Bertz CT molecular complexity index is 446. The van der Waals surface area contributed by atoms with Crippen molar-refractivity contribution in [2.24, 2.45) is 0 Å². The molecule has 0 aliphatic heterocycles. The molecule has 1 aromatic heterocycles. The van der Waals surface area contributed by atoms with E-state index < -0.39 is 0 Å². The number of hydrogen-bond acceptors (Lipinski definition) is 4. The maximum Gasteiger partial charge on any atom is 0.251 e. The van der Waals surface area contributed by atoms with E-state index in [1.165, 1.54) is 0 Å². The van der Waals surface area contributed by atoms with Gasteiger partial charge in [0.05, 0.1) is 5.69 Å². The second-order valence-corrected chi connectivity index (χ2v) is 4.81. The fraction of sp³-hybridized carbons (Fsp3) is 0.692. The van der Waals surface area contributed by atoms with Gasteiger partial charge in [-0.3, -0.25) is 4.79 Å². The summed E-state index contributed by atoms with van der Waals surface area (Å²) in [7, 11) is 1.68. The van der Waals surface area contributed by atoms with Crippen LogP contribution in [-0.4, -0.2) is 23.6 Å². The standard InChI is InChI=1S/C13H21N3O2/c1-3-7-14-9-10-8-11(17)16-12(15-10)13(18-2)5-4-6-13/h8,14H,3-7,9H2,1-2H3,(H,15,16,17). The Balaban J connectivity index is 2.18. The van der Waals surface area contributed by atoms with E-state index in [1.807, 2.05) is 0 Å². The van der Waals surface area contributed by atoms with Crippen LogP contribution in [0.15, 0.2) is 10.9 Å². The first-order valence-electron chi connectivity index (χ1n) is 6.57. The van der Waals surface area contributed by atoms with Gasteiger partial charge in [-0.15, -0.1) is 0 Å². The Morgan fingerprint density at radius 2 is 2.33 bits per heavy atom. The molecule has 5 nitrogen and oxygen atoms in total. The summed E-state index contributed by atoms with van der Waals surface area (Å²) in [5.74, 6) is 0.678. The number of ether oxygens (including phenoxy) is 1. The normalized spacial score (nSPS) is 17.4. The summed E-state index contributed by atoms with van der Waals surface area (Å²) in [5, 5.41) is 3.26. The minimum Gasteiger partial charge on any atom is -0.370 e. The number of nitrogens with zero attached hydrogens (tertiary/aromatic N) is 1. The zero-order valence-corrected chi connectivity index (χ0v) is 11.1. The maximum absolute atomic E-state index is 11.7. The van der Waals surface area contributed by atoms with Crippen LogP contribution in [0.1, 0.15) is 44.1 Å². The van der Waals surface area contributed by atoms with E-state index in [9.17, 15) is 4.79 Å². The average Bonchev–Trinajstić information content (AvgIpc) is 2.28. The molecule has 1 aliphatic rings. The lowest BCUT2D eigenvalue weighted by molar-refractivity contribution is -0.0849.